The van der Waals surface area contributed by atoms with E-state index in [2.05, 4.69) is 5.32 Å². The zero-order valence-corrected chi connectivity index (χ0v) is 21.3. The van der Waals surface area contributed by atoms with Gasteiger partial charge in [0.25, 0.3) is 0 Å². The molecule has 3 rings (SSSR count). The first-order valence-corrected chi connectivity index (χ1v) is 13.2. The van der Waals surface area contributed by atoms with Crippen molar-refractivity contribution in [2.45, 2.75) is 38.1 Å². The Labute approximate surface area is 215 Å². The van der Waals surface area contributed by atoms with Gasteiger partial charge in [0, 0.05) is 35.8 Å². The number of halogens is 2. The van der Waals surface area contributed by atoms with Crippen LogP contribution >= 0.6 is 23.4 Å². The molecular weight excluding hydrogens is 483 g/mol. The number of nitrogens with one attached hydrogen (secondary N) is 1. The molecule has 0 saturated carbocycles. The molecule has 0 fully saturated rings. The highest BCUT2D eigenvalue weighted by Gasteiger charge is 2.30. The molecule has 7 heteroatoms. The highest BCUT2D eigenvalue weighted by molar-refractivity contribution is 7.99. The summed E-state index contributed by atoms with van der Waals surface area (Å²) in [4.78, 5) is 28.3. The first kappa shape index (κ1) is 26.8. The minimum atomic E-state index is -0.757. The summed E-state index contributed by atoms with van der Waals surface area (Å²) in [6.07, 6.45) is 1.13. The van der Waals surface area contributed by atoms with Gasteiger partial charge in [0.05, 0.1) is 5.75 Å². The van der Waals surface area contributed by atoms with Crippen LogP contribution in [0.3, 0.4) is 0 Å². The SMILES string of the molecule is CCCNC(=O)[C@@H](Cc1ccccc1)N(Cc1ccccc1F)C(=O)CSCc1ccc(Cl)cc1. The lowest BCUT2D eigenvalue weighted by molar-refractivity contribution is -0.139. The van der Waals surface area contributed by atoms with Crippen LogP contribution in [0.5, 0.6) is 0 Å². The van der Waals surface area contributed by atoms with Crippen molar-refractivity contribution < 1.29 is 14.0 Å². The van der Waals surface area contributed by atoms with E-state index in [9.17, 15) is 14.0 Å². The molecule has 0 unspecified atom stereocenters. The molecule has 4 nitrogen and oxygen atoms in total. The second-order valence-corrected chi connectivity index (χ2v) is 9.65. The van der Waals surface area contributed by atoms with Crippen LogP contribution in [0.25, 0.3) is 0 Å². The summed E-state index contributed by atoms with van der Waals surface area (Å²) in [7, 11) is 0. The number of amides is 2. The molecule has 0 aromatic heterocycles. The second kappa shape index (κ2) is 13.9. The monoisotopic (exact) mass is 512 g/mol. The number of nitrogens with zero attached hydrogens (tertiary/aromatic N) is 1. The van der Waals surface area contributed by atoms with Crippen LogP contribution in [0.4, 0.5) is 4.39 Å². The third kappa shape index (κ3) is 8.41. The molecule has 0 aliphatic heterocycles. The minimum Gasteiger partial charge on any atom is -0.354 e. The maximum atomic E-state index is 14.6. The normalized spacial score (nSPS) is 11.6. The summed E-state index contributed by atoms with van der Waals surface area (Å²) in [5.74, 6) is -0.0416. The van der Waals surface area contributed by atoms with Crippen molar-refractivity contribution in [2.24, 2.45) is 0 Å². The molecule has 1 N–H and O–H groups in total. The Morgan fingerprint density at radius 2 is 1.66 bits per heavy atom. The van der Waals surface area contributed by atoms with Crippen molar-refractivity contribution in [1.29, 1.82) is 0 Å². The zero-order valence-electron chi connectivity index (χ0n) is 19.8. The van der Waals surface area contributed by atoms with Gasteiger partial charge in [0.1, 0.15) is 11.9 Å². The lowest BCUT2D eigenvalue weighted by Gasteiger charge is -2.31. The number of rotatable bonds is 12. The van der Waals surface area contributed by atoms with Gasteiger partial charge in [-0.25, -0.2) is 4.39 Å². The van der Waals surface area contributed by atoms with Crippen molar-refractivity contribution in [3.8, 4) is 0 Å². The Morgan fingerprint density at radius 1 is 0.971 bits per heavy atom. The summed E-state index contributed by atoms with van der Waals surface area (Å²) in [6.45, 7) is 2.50. The van der Waals surface area contributed by atoms with Crippen molar-refractivity contribution in [2.75, 3.05) is 12.3 Å². The molecule has 0 bridgehead atoms. The van der Waals surface area contributed by atoms with Crippen molar-refractivity contribution >= 4 is 35.2 Å². The molecule has 0 radical (unpaired) electrons. The number of carbonyl (C=O) groups is 2. The minimum absolute atomic E-state index is 0.0179. The van der Waals surface area contributed by atoms with Gasteiger partial charge in [0.2, 0.25) is 11.8 Å². The lowest BCUT2D eigenvalue weighted by Crippen LogP contribution is -2.51. The molecule has 3 aromatic carbocycles. The fourth-order valence-corrected chi connectivity index (χ4v) is 4.65. The first-order valence-electron chi connectivity index (χ1n) is 11.6. The number of hydrogen-bond donors (Lipinski definition) is 1. The highest BCUT2D eigenvalue weighted by Crippen LogP contribution is 2.20. The van der Waals surface area contributed by atoms with Crippen molar-refractivity contribution in [3.05, 3.63) is 106 Å². The average Bonchev–Trinajstić information content (AvgIpc) is 2.87. The quantitative estimate of drug-likeness (QED) is 0.330. The average molecular weight is 513 g/mol. The Balaban J connectivity index is 1.83. The summed E-state index contributed by atoms with van der Waals surface area (Å²) >= 11 is 7.42. The molecule has 3 aromatic rings. The first-order chi connectivity index (χ1) is 17.0. The molecule has 35 heavy (non-hydrogen) atoms. The van der Waals surface area contributed by atoms with Gasteiger partial charge in [-0.15, -0.1) is 11.8 Å². The van der Waals surface area contributed by atoms with Crippen LogP contribution in [-0.2, 0) is 28.3 Å². The van der Waals surface area contributed by atoms with E-state index in [1.165, 1.54) is 22.7 Å². The highest BCUT2D eigenvalue weighted by atomic mass is 35.5. The lowest BCUT2D eigenvalue weighted by atomic mass is 10.0. The van der Waals surface area contributed by atoms with Gasteiger partial charge in [0.15, 0.2) is 0 Å². The van der Waals surface area contributed by atoms with Gasteiger partial charge in [-0.2, -0.15) is 0 Å². The summed E-state index contributed by atoms with van der Waals surface area (Å²) < 4.78 is 14.6. The Bertz CT molecular complexity index is 1100. The van der Waals surface area contributed by atoms with E-state index < -0.39 is 11.9 Å². The molecule has 0 aliphatic carbocycles. The van der Waals surface area contributed by atoms with E-state index in [0.29, 0.717) is 29.3 Å². The smallest absolute Gasteiger partial charge is 0.243 e. The molecule has 0 heterocycles. The van der Waals surface area contributed by atoms with Crippen LogP contribution in [0.15, 0.2) is 78.9 Å². The van der Waals surface area contributed by atoms with E-state index in [1.807, 2.05) is 61.5 Å². The molecule has 0 aliphatic rings. The Hall–Kier alpha value is -2.83. The fourth-order valence-electron chi connectivity index (χ4n) is 3.65. The Morgan fingerprint density at radius 3 is 2.34 bits per heavy atom. The van der Waals surface area contributed by atoms with Gasteiger partial charge < -0.3 is 10.2 Å². The molecular formula is C28H30ClFN2O2S. The summed E-state index contributed by atoms with van der Waals surface area (Å²) in [6, 6.07) is 22.7. The largest absolute Gasteiger partial charge is 0.354 e. The van der Waals surface area contributed by atoms with E-state index in [1.54, 1.807) is 18.2 Å². The second-order valence-electron chi connectivity index (χ2n) is 8.23. The standard InChI is InChI=1S/C28H30ClFN2O2S/c1-2-16-31-28(34)26(17-21-8-4-3-5-9-21)32(18-23-10-6-7-11-25(23)30)27(33)20-35-19-22-12-14-24(29)15-13-22/h3-15,26H,2,16-20H2,1H3,(H,31,34)/t26-/m1/s1. The third-order valence-electron chi connectivity index (χ3n) is 5.53. The molecule has 0 saturated heterocycles. The van der Waals surface area contributed by atoms with Crippen molar-refractivity contribution in [3.63, 3.8) is 0 Å². The zero-order chi connectivity index (χ0) is 25.0. The predicted molar refractivity (Wildman–Crippen MR) is 142 cm³/mol. The number of benzene rings is 3. The molecule has 1 atom stereocenters. The van der Waals surface area contributed by atoms with Gasteiger partial charge in [-0.1, -0.05) is 79.2 Å². The van der Waals surface area contributed by atoms with Crippen molar-refractivity contribution in [1.82, 2.24) is 10.2 Å². The van der Waals surface area contributed by atoms with E-state index >= 15 is 0 Å². The number of carbonyl (C=O) groups excluding carboxylic acids is 2. The van der Waals surface area contributed by atoms with Crippen LogP contribution in [0.1, 0.15) is 30.0 Å². The van der Waals surface area contributed by atoms with Crippen LogP contribution < -0.4 is 5.32 Å². The van der Waals surface area contributed by atoms with Crippen LogP contribution in [0.2, 0.25) is 5.02 Å². The Kier molecular flexibility index (Phi) is 10.6. The van der Waals surface area contributed by atoms with Gasteiger partial charge in [-0.05, 0) is 35.7 Å². The summed E-state index contributed by atoms with van der Waals surface area (Å²) in [5.41, 5.74) is 2.36. The van der Waals surface area contributed by atoms with Gasteiger partial charge >= 0.3 is 0 Å². The number of hydrogen-bond acceptors (Lipinski definition) is 3. The van der Waals surface area contributed by atoms with E-state index in [0.717, 1.165) is 17.5 Å². The van der Waals surface area contributed by atoms with Crippen LogP contribution in [-0.4, -0.2) is 35.1 Å². The fraction of sp³-hybridized carbons (Fsp3) is 0.286. The maximum Gasteiger partial charge on any atom is 0.243 e. The molecule has 2 amide bonds. The van der Waals surface area contributed by atoms with Gasteiger partial charge in [-0.3, -0.25) is 9.59 Å². The van der Waals surface area contributed by atoms with E-state index in [-0.39, 0.29) is 24.1 Å². The third-order valence-corrected chi connectivity index (χ3v) is 6.77. The van der Waals surface area contributed by atoms with E-state index in [4.69, 9.17) is 11.6 Å². The maximum absolute atomic E-state index is 14.6. The topological polar surface area (TPSA) is 49.4 Å². The summed E-state index contributed by atoms with van der Waals surface area (Å²) in [5, 5.41) is 3.59. The predicted octanol–water partition coefficient (Wildman–Crippen LogP) is 5.88. The van der Waals surface area contributed by atoms with Crippen LogP contribution in [0, 0.1) is 5.82 Å². The molecule has 0 spiro atoms. The molecule has 184 valence electrons. The number of thioether (sulfide) groups is 1.